The Labute approximate surface area is 224 Å². The van der Waals surface area contributed by atoms with Gasteiger partial charge in [0.15, 0.2) is 5.01 Å². The first kappa shape index (κ1) is 26.2. The summed E-state index contributed by atoms with van der Waals surface area (Å²) in [5, 5.41) is 7.80. The van der Waals surface area contributed by atoms with Gasteiger partial charge in [-0.25, -0.2) is 9.37 Å². The summed E-state index contributed by atoms with van der Waals surface area (Å²) in [4.78, 5) is 52.8. The van der Waals surface area contributed by atoms with Crippen molar-refractivity contribution in [3.63, 3.8) is 0 Å². The number of amides is 3. The maximum atomic E-state index is 13.5. The summed E-state index contributed by atoms with van der Waals surface area (Å²) >= 11 is 1.40. The van der Waals surface area contributed by atoms with Crippen LogP contribution < -0.4 is 10.6 Å². The number of nitrogens with zero attached hydrogens (tertiary/aromatic N) is 4. The van der Waals surface area contributed by atoms with Crippen molar-refractivity contribution in [2.45, 2.75) is 44.3 Å². The molecule has 3 heterocycles. The van der Waals surface area contributed by atoms with Crippen LogP contribution in [-0.2, 0) is 17.8 Å². The van der Waals surface area contributed by atoms with Crippen molar-refractivity contribution in [2.75, 3.05) is 27.7 Å². The van der Waals surface area contributed by atoms with Gasteiger partial charge in [-0.1, -0.05) is 6.07 Å². The van der Waals surface area contributed by atoms with E-state index in [9.17, 15) is 18.8 Å². The quantitative estimate of drug-likeness (QED) is 0.517. The fourth-order valence-corrected chi connectivity index (χ4v) is 6.31. The van der Waals surface area contributed by atoms with E-state index in [4.69, 9.17) is 0 Å². The molecule has 2 aromatic heterocycles. The van der Waals surface area contributed by atoms with E-state index in [1.807, 2.05) is 7.05 Å². The molecule has 1 aliphatic heterocycles. The average Bonchev–Trinajstić information content (AvgIpc) is 3.32. The summed E-state index contributed by atoms with van der Waals surface area (Å²) in [7, 11) is 5.48. The van der Waals surface area contributed by atoms with E-state index in [0.717, 1.165) is 30.1 Å². The molecule has 2 aliphatic rings. The normalized spacial score (nSPS) is 21.5. The minimum absolute atomic E-state index is 0.00482. The van der Waals surface area contributed by atoms with Crippen LogP contribution in [0.15, 0.2) is 30.5 Å². The van der Waals surface area contributed by atoms with E-state index >= 15 is 0 Å². The Hall–Kier alpha value is -3.44. The van der Waals surface area contributed by atoms with Crippen LogP contribution in [0.3, 0.4) is 0 Å². The van der Waals surface area contributed by atoms with E-state index in [-0.39, 0.29) is 41.2 Å². The molecule has 11 heteroatoms. The molecule has 1 aliphatic carbocycles. The minimum Gasteiger partial charge on any atom is -0.349 e. The maximum absolute atomic E-state index is 13.5. The molecule has 1 saturated carbocycles. The lowest BCUT2D eigenvalue weighted by Gasteiger charge is -2.37. The largest absolute Gasteiger partial charge is 0.349 e. The second-order valence-corrected chi connectivity index (χ2v) is 11.4. The molecule has 0 spiro atoms. The highest BCUT2D eigenvalue weighted by atomic mass is 32.1. The van der Waals surface area contributed by atoms with Crippen LogP contribution in [0.25, 0.3) is 10.8 Å². The minimum atomic E-state index is -0.452. The highest BCUT2D eigenvalue weighted by molar-refractivity contribution is 7.13. The first-order valence-corrected chi connectivity index (χ1v) is 13.5. The Morgan fingerprint density at radius 1 is 1.08 bits per heavy atom. The topological polar surface area (TPSA) is 108 Å². The number of rotatable bonds is 5. The number of aromatic nitrogens is 2. The molecule has 3 unspecified atom stereocenters. The molecule has 0 radical (unpaired) electrons. The molecule has 5 rings (SSSR count). The number of fused-ring (bicyclic) bond motifs is 2. The molecular formula is C27H31FN6O3S. The van der Waals surface area contributed by atoms with Gasteiger partial charge in [0, 0.05) is 62.0 Å². The molecule has 3 atom stereocenters. The van der Waals surface area contributed by atoms with Gasteiger partial charge in [0.1, 0.15) is 11.5 Å². The third kappa shape index (κ3) is 5.53. The summed E-state index contributed by atoms with van der Waals surface area (Å²) in [6.45, 7) is 1.67. The van der Waals surface area contributed by atoms with Gasteiger partial charge in [-0.3, -0.25) is 19.4 Å². The van der Waals surface area contributed by atoms with E-state index in [1.54, 1.807) is 31.1 Å². The van der Waals surface area contributed by atoms with Crippen LogP contribution in [0.5, 0.6) is 0 Å². The molecule has 200 valence electrons. The van der Waals surface area contributed by atoms with Gasteiger partial charge in [-0.05, 0) is 49.9 Å². The van der Waals surface area contributed by atoms with Gasteiger partial charge in [0.05, 0.1) is 11.7 Å². The van der Waals surface area contributed by atoms with Crippen molar-refractivity contribution >= 4 is 39.8 Å². The van der Waals surface area contributed by atoms with Crippen molar-refractivity contribution in [2.24, 2.45) is 5.92 Å². The number of halogens is 1. The number of pyridine rings is 1. The molecular weight excluding hydrogens is 507 g/mol. The number of benzene rings is 1. The predicted molar refractivity (Wildman–Crippen MR) is 142 cm³/mol. The summed E-state index contributed by atoms with van der Waals surface area (Å²) in [6.07, 6.45) is 3.81. The van der Waals surface area contributed by atoms with E-state index in [1.165, 1.54) is 29.7 Å². The highest BCUT2D eigenvalue weighted by Gasteiger charge is 2.37. The average molecular weight is 539 g/mol. The first-order chi connectivity index (χ1) is 18.2. The van der Waals surface area contributed by atoms with Crippen molar-refractivity contribution in [1.29, 1.82) is 0 Å². The summed E-state index contributed by atoms with van der Waals surface area (Å²) < 4.78 is 13.5. The van der Waals surface area contributed by atoms with E-state index in [0.29, 0.717) is 35.0 Å². The Morgan fingerprint density at radius 2 is 1.87 bits per heavy atom. The second kappa shape index (κ2) is 10.7. The van der Waals surface area contributed by atoms with Crippen LogP contribution in [0.4, 0.5) is 4.39 Å². The number of thiazole rings is 1. The fraction of sp³-hybridized carbons (Fsp3) is 0.444. The van der Waals surface area contributed by atoms with E-state index < -0.39 is 6.04 Å². The number of hydrogen-bond acceptors (Lipinski definition) is 7. The monoisotopic (exact) mass is 538 g/mol. The molecule has 1 fully saturated rings. The van der Waals surface area contributed by atoms with Gasteiger partial charge < -0.3 is 20.4 Å². The lowest BCUT2D eigenvalue weighted by atomic mass is 9.81. The van der Waals surface area contributed by atoms with E-state index in [2.05, 4.69) is 25.5 Å². The SMILES string of the molecule is CN1CCc2nc(C(=O)NC3CC(C(=O)N(C)C)CCC3NC(=O)c3cc4ccc(F)cc4cn3)sc2C1. The highest BCUT2D eigenvalue weighted by Crippen LogP contribution is 2.28. The summed E-state index contributed by atoms with van der Waals surface area (Å²) in [5.74, 6) is -1.29. The van der Waals surface area contributed by atoms with Gasteiger partial charge >= 0.3 is 0 Å². The third-order valence-corrected chi connectivity index (χ3v) is 8.39. The second-order valence-electron chi connectivity index (χ2n) is 10.3. The van der Waals surface area contributed by atoms with Crippen LogP contribution in [0.1, 0.15) is 50.1 Å². The predicted octanol–water partition coefficient (Wildman–Crippen LogP) is 2.60. The van der Waals surface area contributed by atoms with Crippen molar-refractivity contribution in [3.8, 4) is 0 Å². The first-order valence-electron chi connectivity index (χ1n) is 12.7. The third-order valence-electron chi connectivity index (χ3n) is 7.31. The van der Waals surface area contributed by atoms with Crippen LogP contribution in [0, 0.1) is 11.7 Å². The summed E-state index contributed by atoms with van der Waals surface area (Å²) in [6, 6.07) is 5.10. The van der Waals surface area contributed by atoms with Crippen molar-refractivity contribution < 1.29 is 18.8 Å². The smallest absolute Gasteiger partial charge is 0.280 e. The molecule has 3 amide bonds. The van der Waals surface area contributed by atoms with Crippen LogP contribution >= 0.6 is 11.3 Å². The fourth-order valence-electron chi connectivity index (χ4n) is 5.22. The molecule has 0 bridgehead atoms. The number of carbonyl (C=O) groups is 3. The van der Waals surface area contributed by atoms with Crippen molar-refractivity contribution in [3.05, 3.63) is 57.6 Å². The Bertz CT molecular complexity index is 1390. The summed E-state index contributed by atoms with van der Waals surface area (Å²) in [5.41, 5.74) is 1.17. The zero-order valence-electron chi connectivity index (χ0n) is 21.7. The van der Waals surface area contributed by atoms with Crippen LogP contribution in [-0.4, -0.2) is 77.3 Å². The lowest BCUT2D eigenvalue weighted by molar-refractivity contribution is -0.134. The van der Waals surface area contributed by atoms with Gasteiger partial charge in [-0.2, -0.15) is 0 Å². The lowest BCUT2D eigenvalue weighted by Crippen LogP contribution is -2.56. The van der Waals surface area contributed by atoms with Gasteiger partial charge in [0.25, 0.3) is 11.8 Å². The Morgan fingerprint density at radius 3 is 2.66 bits per heavy atom. The number of carbonyl (C=O) groups excluding carboxylic acids is 3. The molecule has 2 N–H and O–H groups in total. The number of likely N-dealkylation sites (N-methyl/N-ethyl adjacent to an activating group) is 1. The Kier molecular flexibility index (Phi) is 7.40. The standard InChI is InChI=1S/C27H31FN6O3S/c1-33(2)27(37)16-5-7-19(30-24(35)22-11-15-4-6-18(28)10-17(15)13-29-22)21(12-16)31-25(36)26-32-20-8-9-34(3)14-23(20)38-26/h4,6,10-11,13,16,19,21H,5,7-9,12,14H2,1-3H3,(H,30,35)(H,31,36). The zero-order chi connectivity index (χ0) is 27.0. The number of hydrogen-bond donors (Lipinski definition) is 2. The maximum Gasteiger partial charge on any atom is 0.280 e. The van der Waals surface area contributed by atoms with Crippen molar-refractivity contribution in [1.82, 2.24) is 30.4 Å². The van der Waals surface area contributed by atoms with Gasteiger partial charge in [0.2, 0.25) is 5.91 Å². The van der Waals surface area contributed by atoms with Gasteiger partial charge in [-0.15, -0.1) is 11.3 Å². The Balaban J connectivity index is 1.34. The molecule has 9 nitrogen and oxygen atoms in total. The zero-order valence-corrected chi connectivity index (χ0v) is 22.5. The molecule has 38 heavy (non-hydrogen) atoms. The molecule has 3 aromatic rings. The van der Waals surface area contributed by atoms with Crippen LogP contribution in [0.2, 0.25) is 0 Å². The number of nitrogens with one attached hydrogen (secondary N) is 2. The molecule has 0 saturated heterocycles. The molecule has 1 aromatic carbocycles.